The summed E-state index contributed by atoms with van der Waals surface area (Å²) in [4.78, 5) is 0. The van der Waals surface area contributed by atoms with E-state index in [2.05, 4.69) is 36.1 Å². The highest BCUT2D eigenvalue weighted by Gasteiger charge is 2.12. The molecule has 0 heterocycles. The van der Waals surface area contributed by atoms with Gasteiger partial charge in [-0.15, -0.1) is 0 Å². The quantitative estimate of drug-likeness (QED) is 0.802. The summed E-state index contributed by atoms with van der Waals surface area (Å²) in [6.07, 6.45) is 0.627. The van der Waals surface area contributed by atoms with Gasteiger partial charge in [0.25, 0.3) is 0 Å². The van der Waals surface area contributed by atoms with Crippen molar-refractivity contribution < 1.29 is 5.11 Å². The summed E-state index contributed by atoms with van der Waals surface area (Å²) in [5.41, 5.74) is 2.39. The molecule has 0 aliphatic carbocycles. The van der Waals surface area contributed by atoms with Gasteiger partial charge >= 0.3 is 0 Å². The van der Waals surface area contributed by atoms with Gasteiger partial charge in [-0.3, -0.25) is 0 Å². The fraction of sp³-hybridized carbons (Fsp3) is 0.222. The van der Waals surface area contributed by atoms with Crippen LogP contribution in [0.5, 0.6) is 0 Å². The zero-order valence-electron chi connectivity index (χ0n) is 11.4. The third-order valence-corrected chi connectivity index (χ3v) is 3.16. The van der Waals surface area contributed by atoms with Crippen molar-refractivity contribution in [3.63, 3.8) is 0 Å². The first kappa shape index (κ1) is 13.4. The maximum absolute atomic E-state index is 9.84. The molecule has 2 rings (SSSR count). The SMILES string of the molecule is CCC(C)(O)C#Cc1ccc(-c2ccccc2)cc1. The molecule has 0 aliphatic rings. The van der Waals surface area contributed by atoms with Crippen molar-refractivity contribution in [3.05, 3.63) is 60.2 Å². The second-order valence-electron chi connectivity index (χ2n) is 4.82. The van der Waals surface area contributed by atoms with Crippen molar-refractivity contribution in [3.8, 4) is 23.0 Å². The summed E-state index contributed by atoms with van der Waals surface area (Å²) in [6.45, 7) is 3.66. The van der Waals surface area contributed by atoms with Crippen LogP contribution in [-0.2, 0) is 0 Å². The monoisotopic (exact) mass is 250 g/mol. The molecular weight excluding hydrogens is 232 g/mol. The third kappa shape index (κ3) is 3.71. The number of benzene rings is 2. The fourth-order valence-electron chi connectivity index (χ4n) is 1.67. The van der Waals surface area contributed by atoms with Crippen molar-refractivity contribution in [1.82, 2.24) is 0 Å². The van der Waals surface area contributed by atoms with Gasteiger partial charge in [0.2, 0.25) is 0 Å². The van der Waals surface area contributed by atoms with Crippen LogP contribution in [0.1, 0.15) is 25.8 Å². The van der Waals surface area contributed by atoms with Crippen molar-refractivity contribution in [1.29, 1.82) is 0 Å². The van der Waals surface area contributed by atoms with Gasteiger partial charge in [0.05, 0.1) is 0 Å². The molecule has 19 heavy (non-hydrogen) atoms. The molecule has 0 aromatic heterocycles. The Bertz CT molecular complexity index is 583. The molecule has 2 aromatic carbocycles. The summed E-state index contributed by atoms with van der Waals surface area (Å²) in [5, 5.41) is 9.84. The smallest absolute Gasteiger partial charge is 0.122 e. The van der Waals surface area contributed by atoms with E-state index in [1.165, 1.54) is 11.1 Å². The Kier molecular flexibility index (Phi) is 4.04. The standard InChI is InChI=1S/C18H18O/c1-3-18(2,19)14-13-15-9-11-17(12-10-15)16-7-5-4-6-8-16/h4-12,19H,3H2,1-2H3. The maximum Gasteiger partial charge on any atom is 0.122 e. The molecule has 1 atom stereocenters. The predicted octanol–water partition coefficient (Wildman–Crippen LogP) is 3.87. The van der Waals surface area contributed by atoms with Crippen LogP contribution in [-0.4, -0.2) is 10.7 Å². The summed E-state index contributed by atoms with van der Waals surface area (Å²) >= 11 is 0. The molecule has 0 radical (unpaired) electrons. The summed E-state index contributed by atoms with van der Waals surface area (Å²) in [7, 11) is 0. The Balaban J connectivity index is 2.20. The van der Waals surface area contributed by atoms with Crippen LogP contribution in [0.15, 0.2) is 54.6 Å². The van der Waals surface area contributed by atoms with Crippen LogP contribution in [0.25, 0.3) is 11.1 Å². The van der Waals surface area contributed by atoms with E-state index >= 15 is 0 Å². The van der Waals surface area contributed by atoms with Crippen LogP contribution in [0.3, 0.4) is 0 Å². The van der Waals surface area contributed by atoms with Crippen LogP contribution in [0.2, 0.25) is 0 Å². The lowest BCUT2D eigenvalue weighted by Crippen LogP contribution is -2.19. The highest BCUT2D eigenvalue weighted by atomic mass is 16.3. The molecule has 0 aliphatic heterocycles. The molecule has 0 fully saturated rings. The summed E-state index contributed by atoms with van der Waals surface area (Å²) in [5.74, 6) is 5.90. The molecule has 0 bridgehead atoms. The van der Waals surface area contributed by atoms with Gasteiger partial charge in [-0.1, -0.05) is 61.2 Å². The molecule has 1 nitrogen and oxygen atoms in total. The zero-order chi connectivity index (χ0) is 13.7. The van der Waals surface area contributed by atoms with Crippen molar-refractivity contribution in [2.24, 2.45) is 0 Å². The van der Waals surface area contributed by atoms with Crippen molar-refractivity contribution in [2.75, 3.05) is 0 Å². The van der Waals surface area contributed by atoms with E-state index in [0.717, 1.165) is 5.56 Å². The van der Waals surface area contributed by atoms with E-state index in [9.17, 15) is 5.11 Å². The Hall–Kier alpha value is -2.04. The minimum atomic E-state index is -0.905. The highest BCUT2D eigenvalue weighted by Crippen LogP contribution is 2.19. The van der Waals surface area contributed by atoms with E-state index in [1.54, 1.807) is 6.92 Å². The molecule has 1 unspecified atom stereocenters. The zero-order valence-corrected chi connectivity index (χ0v) is 11.4. The van der Waals surface area contributed by atoms with Crippen molar-refractivity contribution >= 4 is 0 Å². The molecule has 1 N–H and O–H groups in total. The second-order valence-corrected chi connectivity index (χ2v) is 4.82. The van der Waals surface area contributed by atoms with Gasteiger partial charge in [0, 0.05) is 5.56 Å². The maximum atomic E-state index is 9.84. The first-order chi connectivity index (χ1) is 9.11. The molecule has 96 valence electrons. The lowest BCUT2D eigenvalue weighted by molar-refractivity contribution is 0.118. The van der Waals surface area contributed by atoms with E-state index in [4.69, 9.17) is 0 Å². The lowest BCUT2D eigenvalue weighted by Gasteiger charge is -2.11. The van der Waals surface area contributed by atoms with Gasteiger partial charge in [-0.2, -0.15) is 0 Å². The molecule has 0 spiro atoms. The molecule has 0 amide bonds. The minimum absolute atomic E-state index is 0.627. The highest BCUT2D eigenvalue weighted by molar-refractivity contribution is 5.64. The predicted molar refractivity (Wildman–Crippen MR) is 79.7 cm³/mol. The molecule has 2 aromatic rings. The van der Waals surface area contributed by atoms with Gasteiger partial charge in [-0.05, 0) is 36.6 Å². The topological polar surface area (TPSA) is 20.2 Å². The average Bonchev–Trinajstić information content (AvgIpc) is 2.47. The molecular formula is C18H18O. The van der Waals surface area contributed by atoms with E-state index in [-0.39, 0.29) is 0 Å². The van der Waals surface area contributed by atoms with E-state index < -0.39 is 5.60 Å². The third-order valence-electron chi connectivity index (χ3n) is 3.16. The van der Waals surface area contributed by atoms with Crippen LogP contribution >= 0.6 is 0 Å². The molecule has 0 saturated carbocycles. The largest absolute Gasteiger partial charge is 0.378 e. The van der Waals surface area contributed by atoms with Crippen molar-refractivity contribution in [2.45, 2.75) is 25.9 Å². The van der Waals surface area contributed by atoms with Crippen LogP contribution in [0.4, 0.5) is 0 Å². The minimum Gasteiger partial charge on any atom is -0.378 e. The number of aliphatic hydroxyl groups is 1. The fourth-order valence-corrected chi connectivity index (χ4v) is 1.67. The number of rotatable bonds is 2. The molecule has 1 heteroatoms. The van der Waals surface area contributed by atoms with Gasteiger partial charge in [-0.25, -0.2) is 0 Å². The Morgan fingerprint density at radius 1 is 0.947 bits per heavy atom. The van der Waals surface area contributed by atoms with Crippen LogP contribution in [0, 0.1) is 11.8 Å². The Labute approximate surface area is 114 Å². The Morgan fingerprint density at radius 2 is 1.53 bits per heavy atom. The van der Waals surface area contributed by atoms with Gasteiger partial charge in [0.15, 0.2) is 0 Å². The van der Waals surface area contributed by atoms with E-state index in [1.807, 2.05) is 37.3 Å². The molecule has 0 saturated heterocycles. The van der Waals surface area contributed by atoms with Crippen LogP contribution < -0.4 is 0 Å². The Morgan fingerprint density at radius 3 is 2.11 bits per heavy atom. The normalized spacial score (nSPS) is 13.2. The summed E-state index contributed by atoms with van der Waals surface area (Å²) in [6, 6.07) is 18.3. The first-order valence-electron chi connectivity index (χ1n) is 6.52. The van der Waals surface area contributed by atoms with E-state index in [0.29, 0.717) is 6.42 Å². The second kappa shape index (κ2) is 5.73. The average molecular weight is 250 g/mol. The number of hydrogen-bond acceptors (Lipinski definition) is 1. The van der Waals surface area contributed by atoms with Gasteiger partial charge in [0.1, 0.15) is 5.60 Å². The lowest BCUT2D eigenvalue weighted by atomic mass is 10.0. The number of hydrogen-bond donors (Lipinski definition) is 1. The first-order valence-corrected chi connectivity index (χ1v) is 6.52. The summed E-state index contributed by atoms with van der Waals surface area (Å²) < 4.78 is 0. The van der Waals surface area contributed by atoms with Gasteiger partial charge < -0.3 is 5.11 Å².